The molecule has 1 aromatic carbocycles. The molecule has 0 aliphatic heterocycles. The number of rotatable bonds is 5. The molecule has 0 amide bonds. The second-order valence-corrected chi connectivity index (χ2v) is 6.09. The van der Waals surface area contributed by atoms with E-state index < -0.39 is 0 Å². The van der Waals surface area contributed by atoms with Gasteiger partial charge in [-0.3, -0.25) is 0 Å². The number of hydrogen-bond donors (Lipinski definition) is 0. The lowest BCUT2D eigenvalue weighted by Gasteiger charge is -2.11. The van der Waals surface area contributed by atoms with E-state index in [4.69, 9.17) is 14.1 Å². The number of fused-ring (bicyclic) bond motifs is 1. The predicted octanol–water partition coefficient (Wildman–Crippen LogP) is 4.19. The Morgan fingerprint density at radius 3 is 2.70 bits per heavy atom. The van der Waals surface area contributed by atoms with E-state index in [2.05, 4.69) is 23.8 Å². The molecule has 3 aromatic rings. The van der Waals surface area contributed by atoms with Crippen LogP contribution in [-0.4, -0.2) is 22.1 Å². The SMILES string of the molecule is COc1cc2nc(CCC(C)C)nc(C)c2cc1-c1cnco1. The lowest BCUT2D eigenvalue weighted by Crippen LogP contribution is -2.01. The second kappa shape index (κ2) is 6.36. The fourth-order valence-corrected chi connectivity index (χ4v) is 2.61. The molecule has 0 saturated heterocycles. The summed E-state index contributed by atoms with van der Waals surface area (Å²) in [7, 11) is 1.65. The number of aryl methyl sites for hydroxylation is 2. The summed E-state index contributed by atoms with van der Waals surface area (Å²) in [6.07, 6.45) is 5.06. The smallest absolute Gasteiger partial charge is 0.181 e. The van der Waals surface area contributed by atoms with Crippen LogP contribution in [0.4, 0.5) is 0 Å². The van der Waals surface area contributed by atoms with Crippen molar-refractivity contribution in [2.24, 2.45) is 5.92 Å². The van der Waals surface area contributed by atoms with Gasteiger partial charge in [-0.15, -0.1) is 0 Å². The summed E-state index contributed by atoms with van der Waals surface area (Å²) in [5, 5.41) is 1.01. The molecular formula is C18H21N3O2. The van der Waals surface area contributed by atoms with Crippen molar-refractivity contribution in [3.05, 3.63) is 36.2 Å². The van der Waals surface area contributed by atoms with Crippen molar-refractivity contribution in [3.8, 4) is 17.1 Å². The quantitative estimate of drug-likeness (QED) is 0.707. The topological polar surface area (TPSA) is 61.0 Å². The Hall–Kier alpha value is -2.43. The zero-order valence-corrected chi connectivity index (χ0v) is 14.0. The Bertz CT molecular complexity index is 811. The number of hydrogen-bond acceptors (Lipinski definition) is 5. The first-order chi connectivity index (χ1) is 11.1. The molecule has 2 heterocycles. The zero-order chi connectivity index (χ0) is 16.4. The van der Waals surface area contributed by atoms with Crippen LogP contribution in [0.2, 0.25) is 0 Å². The number of nitrogens with zero attached hydrogens (tertiary/aromatic N) is 3. The minimum Gasteiger partial charge on any atom is -0.496 e. The van der Waals surface area contributed by atoms with Crippen LogP contribution < -0.4 is 4.74 Å². The van der Waals surface area contributed by atoms with Crippen LogP contribution in [0.25, 0.3) is 22.2 Å². The molecule has 23 heavy (non-hydrogen) atoms. The predicted molar refractivity (Wildman–Crippen MR) is 89.5 cm³/mol. The molecular weight excluding hydrogens is 290 g/mol. The van der Waals surface area contributed by atoms with Crippen molar-refractivity contribution in [1.82, 2.24) is 15.0 Å². The van der Waals surface area contributed by atoms with Gasteiger partial charge in [0, 0.05) is 23.6 Å². The maximum atomic E-state index is 5.51. The van der Waals surface area contributed by atoms with Crippen LogP contribution in [0.3, 0.4) is 0 Å². The van der Waals surface area contributed by atoms with Gasteiger partial charge in [0.25, 0.3) is 0 Å². The summed E-state index contributed by atoms with van der Waals surface area (Å²) in [5.41, 5.74) is 2.73. The summed E-state index contributed by atoms with van der Waals surface area (Å²) in [4.78, 5) is 13.3. The molecule has 0 atom stereocenters. The summed E-state index contributed by atoms with van der Waals surface area (Å²) in [5.74, 6) is 2.92. The normalized spacial score (nSPS) is 11.3. The van der Waals surface area contributed by atoms with Gasteiger partial charge in [0.05, 0.1) is 24.4 Å². The Balaban J connectivity index is 2.10. The van der Waals surface area contributed by atoms with E-state index in [0.717, 1.165) is 46.6 Å². The van der Waals surface area contributed by atoms with E-state index in [1.165, 1.54) is 6.39 Å². The highest BCUT2D eigenvalue weighted by Gasteiger charge is 2.14. The number of oxazole rings is 1. The van der Waals surface area contributed by atoms with E-state index in [-0.39, 0.29) is 0 Å². The van der Waals surface area contributed by atoms with E-state index in [1.54, 1.807) is 13.3 Å². The van der Waals surface area contributed by atoms with E-state index >= 15 is 0 Å². The average Bonchev–Trinajstić information content (AvgIpc) is 3.06. The van der Waals surface area contributed by atoms with Crippen molar-refractivity contribution < 1.29 is 9.15 Å². The molecule has 0 fully saturated rings. The molecule has 2 aromatic heterocycles. The van der Waals surface area contributed by atoms with Crippen LogP contribution >= 0.6 is 0 Å². The van der Waals surface area contributed by atoms with Gasteiger partial charge in [-0.2, -0.15) is 0 Å². The van der Waals surface area contributed by atoms with E-state index in [1.807, 2.05) is 19.1 Å². The van der Waals surface area contributed by atoms with Crippen molar-refractivity contribution in [3.63, 3.8) is 0 Å². The second-order valence-electron chi connectivity index (χ2n) is 6.09. The number of benzene rings is 1. The maximum Gasteiger partial charge on any atom is 0.181 e. The molecule has 0 saturated carbocycles. The molecule has 0 N–H and O–H groups in total. The first-order valence-corrected chi connectivity index (χ1v) is 7.82. The molecule has 3 rings (SSSR count). The summed E-state index contributed by atoms with van der Waals surface area (Å²) in [6.45, 7) is 6.43. The third-order valence-corrected chi connectivity index (χ3v) is 3.90. The molecule has 0 unspecified atom stereocenters. The molecule has 5 heteroatoms. The largest absolute Gasteiger partial charge is 0.496 e. The average molecular weight is 311 g/mol. The van der Waals surface area contributed by atoms with Crippen molar-refractivity contribution in [2.75, 3.05) is 7.11 Å². The van der Waals surface area contributed by atoms with Gasteiger partial charge < -0.3 is 9.15 Å². The molecule has 0 aliphatic carbocycles. The van der Waals surface area contributed by atoms with Gasteiger partial charge in [0.1, 0.15) is 11.6 Å². The van der Waals surface area contributed by atoms with Gasteiger partial charge in [0.2, 0.25) is 0 Å². The monoisotopic (exact) mass is 311 g/mol. The first kappa shape index (κ1) is 15.5. The fourth-order valence-electron chi connectivity index (χ4n) is 2.61. The first-order valence-electron chi connectivity index (χ1n) is 7.82. The fraction of sp³-hybridized carbons (Fsp3) is 0.389. The van der Waals surface area contributed by atoms with Gasteiger partial charge in [-0.1, -0.05) is 13.8 Å². The molecule has 5 nitrogen and oxygen atoms in total. The Labute approximate surface area is 135 Å². The minimum absolute atomic E-state index is 0.637. The molecule has 0 aliphatic rings. The van der Waals surface area contributed by atoms with E-state index in [9.17, 15) is 0 Å². The highest BCUT2D eigenvalue weighted by atomic mass is 16.5. The number of methoxy groups -OCH3 is 1. The van der Waals surface area contributed by atoms with Crippen molar-refractivity contribution >= 4 is 10.9 Å². The summed E-state index contributed by atoms with van der Waals surface area (Å²) in [6, 6.07) is 3.96. The summed E-state index contributed by atoms with van der Waals surface area (Å²) >= 11 is 0. The Morgan fingerprint density at radius 2 is 2.04 bits per heavy atom. The third-order valence-electron chi connectivity index (χ3n) is 3.90. The van der Waals surface area contributed by atoms with Gasteiger partial charge >= 0.3 is 0 Å². The molecule has 0 spiro atoms. The zero-order valence-electron chi connectivity index (χ0n) is 14.0. The molecule has 0 radical (unpaired) electrons. The van der Waals surface area contributed by atoms with Crippen LogP contribution in [0.15, 0.2) is 29.1 Å². The van der Waals surface area contributed by atoms with Crippen molar-refractivity contribution in [2.45, 2.75) is 33.6 Å². The Kier molecular flexibility index (Phi) is 4.28. The molecule has 0 bridgehead atoms. The van der Waals surface area contributed by atoms with Crippen LogP contribution in [-0.2, 0) is 6.42 Å². The lowest BCUT2D eigenvalue weighted by atomic mass is 10.1. The molecule has 120 valence electrons. The van der Waals surface area contributed by atoms with Crippen LogP contribution in [0, 0.1) is 12.8 Å². The standard InChI is InChI=1S/C18H21N3O2/c1-11(2)5-6-18-20-12(3)13-7-14(17-9-19-10-23-17)16(22-4)8-15(13)21-18/h7-11H,5-6H2,1-4H3. The Morgan fingerprint density at radius 1 is 1.22 bits per heavy atom. The van der Waals surface area contributed by atoms with Crippen LogP contribution in [0.1, 0.15) is 31.8 Å². The van der Waals surface area contributed by atoms with Gasteiger partial charge in [-0.25, -0.2) is 15.0 Å². The number of ether oxygens (including phenoxy) is 1. The van der Waals surface area contributed by atoms with E-state index in [0.29, 0.717) is 11.7 Å². The summed E-state index contributed by atoms with van der Waals surface area (Å²) < 4.78 is 10.9. The highest BCUT2D eigenvalue weighted by molar-refractivity contribution is 5.88. The van der Waals surface area contributed by atoms with Gasteiger partial charge in [-0.05, 0) is 25.3 Å². The number of aromatic nitrogens is 3. The third kappa shape index (κ3) is 3.18. The van der Waals surface area contributed by atoms with Crippen LogP contribution in [0.5, 0.6) is 5.75 Å². The lowest BCUT2D eigenvalue weighted by molar-refractivity contribution is 0.415. The minimum atomic E-state index is 0.637. The highest BCUT2D eigenvalue weighted by Crippen LogP contribution is 2.34. The van der Waals surface area contributed by atoms with Gasteiger partial charge in [0.15, 0.2) is 12.2 Å². The van der Waals surface area contributed by atoms with Crippen molar-refractivity contribution in [1.29, 1.82) is 0 Å². The maximum absolute atomic E-state index is 5.51.